The number of hydrogen-bond donors (Lipinski definition) is 2. The number of carboxylic acid groups (broad SMARTS) is 1. The van der Waals surface area contributed by atoms with E-state index in [2.05, 4.69) is 0 Å². The molecule has 2 amide bonds. The first kappa shape index (κ1) is 18.4. The third-order valence-electron chi connectivity index (χ3n) is 5.53. The van der Waals surface area contributed by atoms with Crippen LogP contribution >= 0.6 is 11.8 Å². The quantitative estimate of drug-likeness (QED) is 0.427. The van der Waals surface area contributed by atoms with Gasteiger partial charge in [0.05, 0.1) is 27.8 Å². The van der Waals surface area contributed by atoms with Gasteiger partial charge in [-0.1, -0.05) is 30.0 Å². The molecule has 1 saturated heterocycles. The van der Waals surface area contributed by atoms with Crippen LogP contribution in [0.25, 0.3) is 0 Å². The number of carbonyl (C=O) groups is 4. The van der Waals surface area contributed by atoms with E-state index in [-0.39, 0.29) is 21.9 Å². The van der Waals surface area contributed by atoms with E-state index in [0.717, 1.165) is 16.7 Å². The Labute approximate surface area is 174 Å². The molecule has 5 rings (SSSR count). The molecular formula is C21H14N2O6S. The lowest BCUT2D eigenvalue weighted by Gasteiger charge is -2.36. The third kappa shape index (κ3) is 2.48. The largest absolute Gasteiger partial charge is 0.478 e. The molecule has 0 aliphatic carbocycles. The summed E-state index contributed by atoms with van der Waals surface area (Å²) in [6, 6.07) is 12.4. The molecule has 3 aliphatic rings. The van der Waals surface area contributed by atoms with E-state index in [1.54, 1.807) is 24.3 Å². The first-order valence-electron chi connectivity index (χ1n) is 9.07. The minimum absolute atomic E-state index is 0.0433. The van der Waals surface area contributed by atoms with Crippen molar-refractivity contribution in [2.24, 2.45) is 11.7 Å². The Kier molecular flexibility index (Phi) is 3.97. The minimum atomic E-state index is -1.11. The normalized spacial score (nSPS) is 24.9. The van der Waals surface area contributed by atoms with Gasteiger partial charge in [0.15, 0.2) is 0 Å². The summed E-state index contributed by atoms with van der Waals surface area (Å²) in [6.07, 6.45) is 0. The van der Waals surface area contributed by atoms with E-state index in [0.29, 0.717) is 11.3 Å². The molecular weight excluding hydrogens is 408 g/mol. The number of thioether (sulfide) groups is 1. The average molecular weight is 422 g/mol. The maximum Gasteiger partial charge on any atom is 0.342 e. The molecule has 9 heteroatoms. The van der Waals surface area contributed by atoms with Gasteiger partial charge in [-0.3, -0.25) is 9.59 Å². The molecule has 30 heavy (non-hydrogen) atoms. The summed E-state index contributed by atoms with van der Waals surface area (Å²) in [6.45, 7) is 0. The second-order valence-corrected chi connectivity index (χ2v) is 8.29. The number of aromatic carboxylic acids is 1. The van der Waals surface area contributed by atoms with Crippen molar-refractivity contribution in [3.63, 3.8) is 0 Å². The molecule has 0 bridgehead atoms. The van der Waals surface area contributed by atoms with Crippen LogP contribution in [0.15, 0.2) is 59.1 Å². The van der Waals surface area contributed by atoms with Crippen LogP contribution in [0, 0.1) is 5.92 Å². The number of carboxylic acids is 1. The summed E-state index contributed by atoms with van der Waals surface area (Å²) in [5, 5.41) is 8.46. The van der Waals surface area contributed by atoms with Crippen molar-refractivity contribution in [1.82, 2.24) is 0 Å². The molecule has 2 aromatic carbocycles. The van der Waals surface area contributed by atoms with Crippen molar-refractivity contribution in [1.29, 1.82) is 0 Å². The molecule has 8 nitrogen and oxygen atoms in total. The second kappa shape index (κ2) is 6.46. The van der Waals surface area contributed by atoms with Crippen LogP contribution in [-0.4, -0.2) is 34.1 Å². The van der Waals surface area contributed by atoms with Gasteiger partial charge >= 0.3 is 11.9 Å². The number of amides is 2. The number of imide groups is 1. The first-order valence-corrected chi connectivity index (χ1v) is 9.95. The molecule has 0 aromatic heterocycles. The Morgan fingerprint density at radius 2 is 1.73 bits per heavy atom. The number of anilines is 1. The van der Waals surface area contributed by atoms with Gasteiger partial charge in [-0.2, -0.15) is 0 Å². The number of para-hydroxylation sites is 1. The molecule has 3 aliphatic heterocycles. The average Bonchev–Trinajstić information content (AvgIpc) is 2.97. The van der Waals surface area contributed by atoms with Gasteiger partial charge in [0.1, 0.15) is 11.0 Å². The van der Waals surface area contributed by atoms with Crippen LogP contribution in [0.3, 0.4) is 0 Å². The van der Waals surface area contributed by atoms with Crippen LogP contribution in [0.5, 0.6) is 5.75 Å². The number of benzene rings is 2. The Hall–Kier alpha value is -3.59. The van der Waals surface area contributed by atoms with Gasteiger partial charge in [-0.05, 0) is 30.3 Å². The van der Waals surface area contributed by atoms with Gasteiger partial charge in [-0.25, -0.2) is 14.5 Å². The van der Waals surface area contributed by atoms with E-state index in [9.17, 15) is 19.2 Å². The highest BCUT2D eigenvalue weighted by Crippen LogP contribution is 2.54. The van der Waals surface area contributed by atoms with Gasteiger partial charge in [0.2, 0.25) is 11.8 Å². The maximum atomic E-state index is 13.4. The van der Waals surface area contributed by atoms with E-state index in [1.165, 1.54) is 24.3 Å². The fourth-order valence-corrected chi connectivity index (χ4v) is 5.45. The lowest BCUT2D eigenvalue weighted by atomic mass is 9.77. The van der Waals surface area contributed by atoms with E-state index in [1.807, 2.05) is 0 Å². The van der Waals surface area contributed by atoms with Crippen molar-refractivity contribution in [2.75, 3.05) is 4.90 Å². The third-order valence-corrected chi connectivity index (χ3v) is 6.76. The molecule has 150 valence electrons. The number of nitrogens with two attached hydrogens (primary N) is 1. The van der Waals surface area contributed by atoms with Crippen molar-refractivity contribution >= 4 is 41.2 Å². The zero-order valence-electron chi connectivity index (χ0n) is 15.3. The minimum Gasteiger partial charge on any atom is -0.478 e. The predicted octanol–water partition coefficient (Wildman–Crippen LogP) is 1.86. The summed E-state index contributed by atoms with van der Waals surface area (Å²) in [4.78, 5) is 51.3. The number of nitrogens with zero attached hydrogens (tertiary/aromatic N) is 1. The summed E-state index contributed by atoms with van der Waals surface area (Å²) < 4.78 is 5.37. The number of carbonyl (C=O) groups excluding carboxylic acids is 3. The first-order chi connectivity index (χ1) is 14.4. The molecule has 2 aromatic rings. The lowest BCUT2D eigenvalue weighted by molar-refractivity contribution is -0.131. The number of ether oxygens (including phenoxy) is 1. The van der Waals surface area contributed by atoms with E-state index in [4.69, 9.17) is 15.6 Å². The van der Waals surface area contributed by atoms with E-state index < -0.39 is 40.8 Å². The molecule has 3 atom stereocenters. The topological polar surface area (TPSA) is 127 Å². The van der Waals surface area contributed by atoms with Crippen LogP contribution < -0.4 is 15.4 Å². The van der Waals surface area contributed by atoms with Gasteiger partial charge in [0.25, 0.3) is 0 Å². The summed E-state index contributed by atoms with van der Waals surface area (Å²) in [5.74, 6) is -3.79. The van der Waals surface area contributed by atoms with Crippen LogP contribution in [0.2, 0.25) is 0 Å². The van der Waals surface area contributed by atoms with Crippen molar-refractivity contribution in [2.45, 2.75) is 11.2 Å². The van der Waals surface area contributed by atoms with Crippen LogP contribution in [-0.2, 0) is 14.4 Å². The Morgan fingerprint density at radius 3 is 2.43 bits per heavy atom. The number of hydrogen-bond acceptors (Lipinski definition) is 7. The van der Waals surface area contributed by atoms with Crippen molar-refractivity contribution in [3.8, 4) is 5.75 Å². The highest BCUT2D eigenvalue weighted by atomic mass is 32.2. The number of fused-ring (bicyclic) bond motifs is 5. The summed E-state index contributed by atoms with van der Waals surface area (Å²) >= 11 is 0.990. The van der Waals surface area contributed by atoms with Gasteiger partial charge < -0.3 is 15.6 Å². The smallest absolute Gasteiger partial charge is 0.342 e. The standard InChI is InChI=1S/C21H14N2O6S/c22-17-15-13(11-3-1-2-4-12(11)29-21(15)28)14-16(30-17)19(25)23(18(14)24)10-7-5-9(6-8-10)20(26)27/h1-8,13-14,16H,22H2,(H,26,27)/t13-,14+,16-/m0/s1. The molecule has 0 unspecified atom stereocenters. The van der Waals surface area contributed by atoms with Crippen molar-refractivity contribution in [3.05, 3.63) is 70.3 Å². The Bertz CT molecular complexity index is 1170. The zero-order valence-corrected chi connectivity index (χ0v) is 16.1. The number of rotatable bonds is 2. The monoisotopic (exact) mass is 422 g/mol. The zero-order chi connectivity index (χ0) is 21.2. The predicted molar refractivity (Wildman–Crippen MR) is 107 cm³/mol. The lowest BCUT2D eigenvalue weighted by Crippen LogP contribution is -2.39. The summed E-state index contributed by atoms with van der Waals surface area (Å²) in [7, 11) is 0. The second-order valence-electron chi connectivity index (χ2n) is 7.11. The molecule has 0 spiro atoms. The molecule has 1 fully saturated rings. The molecule has 0 saturated carbocycles. The number of esters is 1. The fraction of sp³-hybridized carbons (Fsp3) is 0.143. The van der Waals surface area contributed by atoms with Gasteiger partial charge in [0, 0.05) is 11.5 Å². The fourth-order valence-electron chi connectivity index (χ4n) is 4.21. The molecule has 3 heterocycles. The Balaban J connectivity index is 1.61. The molecule has 0 radical (unpaired) electrons. The van der Waals surface area contributed by atoms with E-state index >= 15 is 0 Å². The molecule has 3 N–H and O–H groups in total. The highest BCUT2D eigenvalue weighted by molar-refractivity contribution is 8.04. The van der Waals surface area contributed by atoms with Crippen LogP contribution in [0.1, 0.15) is 21.8 Å². The highest BCUT2D eigenvalue weighted by Gasteiger charge is 2.58. The summed E-state index contributed by atoms with van der Waals surface area (Å²) in [5.41, 5.74) is 7.28. The Morgan fingerprint density at radius 1 is 1.03 bits per heavy atom. The maximum absolute atomic E-state index is 13.4. The van der Waals surface area contributed by atoms with Gasteiger partial charge in [-0.15, -0.1) is 0 Å². The SMILES string of the molecule is NC1=C2C(=O)Oc3ccccc3[C@H]2[C@H]2C(=O)N(c3ccc(C(=O)O)cc3)C(=O)[C@H]2S1. The van der Waals surface area contributed by atoms with Crippen molar-refractivity contribution < 1.29 is 29.0 Å². The van der Waals surface area contributed by atoms with Crippen LogP contribution in [0.4, 0.5) is 5.69 Å².